The molecule has 1 fully saturated rings. The minimum Gasteiger partial charge on any atom is -0.379 e. The number of hydrogen-bond acceptors (Lipinski definition) is 5. The molecule has 6 nitrogen and oxygen atoms in total. The van der Waals surface area contributed by atoms with Crippen molar-refractivity contribution in [3.8, 4) is 0 Å². The van der Waals surface area contributed by atoms with Crippen LogP contribution in [-0.4, -0.2) is 55.2 Å². The third-order valence-corrected chi connectivity index (χ3v) is 4.03. The maximum Gasteiger partial charge on any atom is 0.252 e. The molecular weight excluding hydrogens is 342 g/mol. The molecule has 1 aromatic heterocycles. The molecule has 0 unspecified atom stereocenters. The van der Waals surface area contributed by atoms with E-state index in [1.165, 1.54) is 18.5 Å². The lowest BCUT2D eigenvalue weighted by atomic mass is 10.2. The van der Waals surface area contributed by atoms with Gasteiger partial charge in [0.2, 0.25) is 0 Å². The number of nitrogens with one attached hydrogen (secondary N) is 2. The van der Waals surface area contributed by atoms with E-state index in [1.54, 1.807) is 6.07 Å². The zero-order valence-corrected chi connectivity index (χ0v) is 14.2. The van der Waals surface area contributed by atoms with Crippen molar-refractivity contribution in [2.75, 3.05) is 44.7 Å². The lowest BCUT2D eigenvalue weighted by Gasteiger charge is -2.26. The molecule has 1 aliphatic heterocycles. The molecule has 1 aromatic carbocycles. The van der Waals surface area contributed by atoms with E-state index in [1.807, 2.05) is 0 Å². The molecule has 26 heavy (non-hydrogen) atoms. The highest BCUT2D eigenvalue weighted by molar-refractivity contribution is 5.94. The van der Waals surface area contributed by atoms with Crippen LogP contribution in [-0.2, 0) is 4.74 Å². The van der Waals surface area contributed by atoms with Crippen LogP contribution < -0.4 is 10.6 Å². The zero-order valence-electron chi connectivity index (χ0n) is 14.2. The average molecular weight is 362 g/mol. The Labute approximate surface area is 150 Å². The van der Waals surface area contributed by atoms with E-state index in [-0.39, 0.29) is 11.6 Å². The Hall–Kier alpha value is -2.58. The number of carbonyl (C=O) groups is 1. The molecule has 138 valence electrons. The van der Waals surface area contributed by atoms with E-state index in [9.17, 15) is 13.6 Å². The average Bonchev–Trinajstić information content (AvgIpc) is 2.65. The quantitative estimate of drug-likeness (QED) is 0.824. The number of morpholine rings is 1. The van der Waals surface area contributed by atoms with Gasteiger partial charge >= 0.3 is 0 Å². The predicted molar refractivity (Wildman–Crippen MR) is 93.5 cm³/mol. The van der Waals surface area contributed by atoms with Crippen molar-refractivity contribution in [2.24, 2.45) is 0 Å². The highest BCUT2D eigenvalue weighted by atomic mass is 19.1. The molecule has 2 aromatic rings. The van der Waals surface area contributed by atoms with Crippen molar-refractivity contribution in [1.82, 2.24) is 15.2 Å². The smallest absolute Gasteiger partial charge is 0.252 e. The van der Waals surface area contributed by atoms with Crippen molar-refractivity contribution in [2.45, 2.75) is 0 Å². The largest absolute Gasteiger partial charge is 0.379 e. The van der Waals surface area contributed by atoms with E-state index in [4.69, 9.17) is 4.74 Å². The predicted octanol–water partition coefficient (Wildman–Crippen LogP) is 2.17. The summed E-state index contributed by atoms with van der Waals surface area (Å²) in [6.45, 7) is 4.42. The van der Waals surface area contributed by atoms with Crippen LogP contribution in [0.25, 0.3) is 0 Å². The molecular formula is C18H20F2N4O2. The topological polar surface area (TPSA) is 66.5 Å². The maximum atomic E-state index is 13.7. The summed E-state index contributed by atoms with van der Waals surface area (Å²) in [5, 5.41) is 5.64. The minimum atomic E-state index is -0.717. The Balaban J connectivity index is 1.56. The second-order valence-corrected chi connectivity index (χ2v) is 5.92. The molecule has 0 saturated carbocycles. The first-order valence-electron chi connectivity index (χ1n) is 8.37. The van der Waals surface area contributed by atoms with Gasteiger partial charge in [0.15, 0.2) is 0 Å². The van der Waals surface area contributed by atoms with E-state index in [0.29, 0.717) is 31.0 Å². The van der Waals surface area contributed by atoms with Crippen LogP contribution in [0.1, 0.15) is 10.4 Å². The standard InChI is InChI=1S/C18H20F2N4O2/c19-14-1-2-17(16(20)10-14)23-15-9-13(11-21-12-15)18(25)22-3-4-24-5-7-26-8-6-24/h1-2,9-12,23H,3-8H2,(H,22,25). The van der Waals surface area contributed by atoms with Gasteiger partial charge in [-0.25, -0.2) is 8.78 Å². The number of nitrogens with zero attached hydrogens (tertiary/aromatic N) is 2. The third kappa shape index (κ3) is 4.96. The lowest BCUT2D eigenvalue weighted by molar-refractivity contribution is 0.0383. The number of halogens is 2. The summed E-state index contributed by atoms with van der Waals surface area (Å²) in [5.74, 6) is -1.63. The van der Waals surface area contributed by atoms with E-state index in [2.05, 4.69) is 20.5 Å². The first kappa shape index (κ1) is 18.2. The van der Waals surface area contributed by atoms with Crippen LogP contribution in [0.3, 0.4) is 0 Å². The molecule has 1 saturated heterocycles. The monoisotopic (exact) mass is 362 g/mol. The van der Waals surface area contributed by atoms with Gasteiger partial charge in [-0.3, -0.25) is 14.7 Å². The normalized spacial score (nSPS) is 14.8. The van der Waals surface area contributed by atoms with Crippen LogP contribution in [0.2, 0.25) is 0 Å². The van der Waals surface area contributed by atoms with Crippen LogP contribution in [0.5, 0.6) is 0 Å². The van der Waals surface area contributed by atoms with Gasteiger partial charge in [0.25, 0.3) is 5.91 Å². The van der Waals surface area contributed by atoms with Gasteiger partial charge < -0.3 is 15.4 Å². The summed E-state index contributed by atoms with van der Waals surface area (Å²) in [6.07, 6.45) is 2.91. The minimum absolute atomic E-state index is 0.109. The van der Waals surface area contributed by atoms with Crippen LogP contribution in [0, 0.1) is 11.6 Å². The molecule has 2 N–H and O–H groups in total. The van der Waals surface area contributed by atoms with Crippen molar-refractivity contribution < 1.29 is 18.3 Å². The number of ether oxygens (including phenoxy) is 1. The number of amides is 1. The van der Waals surface area contributed by atoms with Crippen molar-refractivity contribution in [3.63, 3.8) is 0 Å². The summed E-state index contributed by atoms with van der Waals surface area (Å²) in [7, 11) is 0. The van der Waals surface area contributed by atoms with Crippen LogP contribution in [0.15, 0.2) is 36.7 Å². The van der Waals surface area contributed by atoms with Gasteiger partial charge in [0.1, 0.15) is 11.6 Å². The molecule has 1 aliphatic rings. The van der Waals surface area contributed by atoms with Crippen molar-refractivity contribution in [1.29, 1.82) is 0 Å². The van der Waals surface area contributed by atoms with E-state index >= 15 is 0 Å². The van der Waals surface area contributed by atoms with Crippen molar-refractivity contribution >= 4 is 17.3 Å². The molecule has 0 atom stereocenters. The molecule has 3 rings (SSSR count). The van der Waals surface area contributed by atoms with Gasteiger partial charge in [-0.2, -0.15) is 0 Å². The van der Waals surface area contributed by atoms with Crippen LogP contribution in [0.4, 0.5) is 20.2 Å². The first-order chi connectivity index (χ1) is 12.6. The number of pyridine rings is 1. The highest BCUT2D eigenvalue weighted by Crippen LogP contribution is 2.20. The zero-order chi connectivity index (χ0) is 18.4. The van der Waals surface area contributed by atoms with Gasteiger partial charge in [0.05, 0.1) is 36.3 Å². The number of hydrogen-bond donors (Lipinski definition) is 2. The SMILES string of the molecule is O=C(NCCN1CCOCC1)c1cncc(Nc2ccc(F)cc2F)c1. The summed E-state index contributed by atoms with van der Waals surface area (Å²) in [4.78, 5) is 18.5. The molecule has 0 spiro atoms. The molecule has 0 radical (unpaired) electrons. The van der Waals surface area contributed by atoms with Gasteiger partial charge in [-0.1, -0.05) is 0 Å². The van der Waals surface area contributed by atoms with E-state index < -0.39 is 11.6 Å². The van der Waals surface area contributed by atoms with Crippen LogP contribution >= 0.6 is 0 Å². The Morgan fingerprint density at radius 2 is 2.00 bits per heavy atom. The summed E-state index contributed by atoms with van der Waals surface area (Å²) in [6, 6.07) is 4.80. The first-order valence-corrected chi connectivity index (χ1v) is 8.37. The fourth-order valence-electron chi connectivity index (χ4n) is 2.63. The number of rotatable bonds is 6. The second kappa shape index (κ2) is 8.68. The lowest BCUT2D eigenvalue weighted by Crippen LogP contribution is -2.41. The second-order valence-electron chi connectivity index (χ2n) is 5.92. The summed E-state index contributed by atoms with van der Waals surface area (Å²) < 4.78 is 32.0. The molecule has 1 amide bonds. The van der Waals surface area contributed by atoms with Gasteiger partial charge in [-0.15, -0.1) is 0 Å². The number of carbonyl (C=O) groups excluding carboxylic acids is 1. The van der Waals surface area contributed by atoms with Crippen molar-refractivity contribution in [3.05, 3.63) is 53.9 Å². The van der Waals surface area contributed by atoms with E-state index in [0.717, 1.165) is 31.8 Å². The molecule has 2 heterocycles. The summed E-state index contributed by atoms with van der Waals surface area (Å²) >= 11 is 0. The van der Waals surface area contributed by atoms with Gasteiger partial charge in [-0.05, 0) is 18.2 Å². The number of anilines is 2. The Kier molecular flexibility index (Phi) is 6.08. The fraction of sp³-hybridized carbons (Fsp3) is 0.333. The number of aromatic nitrogens is 1. The molecule has 0 aliphatic carbocycles. The molecule has 8 heteroatoms. The maximum absolute atomic E-state index is 13.7. The molecule has 0 bridgehead atoms. The Morgan fingerprint density at radius 1 is 1.19 bits per heavy atom. The summed E-state index contributed by atoms with van der Waals surface area (Å²) in [5.41, 5.74) is 0.911. The number of benzene rings is 1. The highest BCUT2D eigenvalue weighted by Gasteiger charge is 2.12. The Morgan fingerprint density at radius 3 is 2.77 bits per heavy atom. The Bertz CT molecular complexity index is 767. The van der Waals surface area contributed by atoms with Gasteiger partial charge in [0, 0.05) is 38.4 Å². The third-order valence-electron chi connectivity index (χ3n) is 4.03. The fourth-order valence-corrected chi connectivity index (χ4v) is 2.63.